The molecule has 0 aliphatic carbocycles. The van der Waals surface area contributed by atoms with Gasteiger partial charge in [-0.1, -0.05) is 95.2 Å². The Morgan fingerprint density at radius 2 is 1.18 bits per heavy atom. The Labute approximate surface area is 200 Å². The fourth-order valence-corrected chi connectivity index (χ4v) is 3.93. The van der Waals surface area contributed by atoms with E-state index >= 15 is 0 Å². The maximum atomic E-state index is 13.4. The van der Waals surface area contributed by atoms with Gasteiger partial charge >= 0.3 is 5.97 Å². The van der Waals surface area contributed by atoms with Crippen LogP contribution < -0.4 is 4.74 Å². The van der Waals surface area contributed by atoms with Crippen LogP contribution in [0.2, 0.25) is 0 Å². The zero-order chi connectivity index (χ0) is 25.7. The van der Waals surface area contributed by atoms with Gasteiger partial charge in [0.2, 0.25) is 0 Å². The summed E-state index contributed by atoms with van der Waals surface area (Å²) >= 11 is 0. The first-order valence-corrected chi connectivity index (χ1v) is 11.6. The lowest BCUT2D eigenvalue weighted by atomic mass is 9.77. The molecular formula is C29H42O4. The highest BCUT2D eigenvalue weighted by molar-refractivity contribution is 5.95. The van der Waals surface area contributed by atoms with E-state index in [9.17, 15) is 15.0 Å². The van der Waals surface area contributed by atoms with Gasteiger partial charge in [0.05, 0.1) is 0 Å². The summed E-state index contributed by atoms with van der Waals surface area (Å²) in [4.78, 5) is 13.4. The summed E-state index contributed by atoms with van der Waals surface area (Å²) in [6.07, 6.45) is 0. The highest BCUT2D eigenvalue weighted by atomic mass is 16.5. The minimum Gasteiger partial charge on any atom is -0.507 e. The summed E-state index contributed by atoms with van der Waals surface area (Å²) < 4.78 is 5.90. The average molecular weight is 455 g/mol. The molecule has 0 heterocycles. The van der Waals surface area contributed by atoms with E-state index in [0.717, 1.165) is 11.1 Å². The summed E-state index contributed by atoms with van der Waals surface area (Å²) in [5.74, 6) is -0.379. The van der Waals surface area contributed by atoms with E-state index in [1.807, 2.05) is 53.7 Å². The average Bonchev–Trinajstić information content (AvgIpc) is 2.57. The molecule has 0 unspecified atom stereocenters. The minimum absolute atomic E-state index is 0.0222. The summed E-state index contributed by atoms with van der Waals surface area (Å²) in [5, 5.41) is 22.0. The van der Waals surface area contributed by atoms with Gasteiger partial charge in [0.15, 0.2) is 0 Å². The second-order valence-electron chi connectivity index (χ2n) is 13.1. The number of aromatic hydroxyl groups is 2. The number of carbonyl (C=O) groups excluding carboxylic acids is 1. The molecule has 4 heteroatoms. The monoisotopic (exact) mass is 454 g/mol. The maximum Gasteiger partial charge on any atom is 0.347 e. The summed E-state index contributed by atoms with van der Waals surface area (Å²) in [5.41, 5.74) is 1.79. The Kier molecular flexibility index (Phi) is 6.79. The van der Waals surface area contributed by atoms with E-state index in [1.165, 1.54) is 0 Å². The standard InChI is InChI=1S/C29H42O4/c1-26(2,3)17-13-14-21(19(15-17)27(4,5)6)33-25(32)18-16-20(28(7,8)9)24(31)22(23(18)30)29(10,11)12/h13-16,30-31H,1-12H3. The molecule has 2 N–H and O–H groups in total. The first-order chi connectivity index (χ1) is 14.7. The molecule has 2 aromatic carbocycles. The number of benzene rings is 2. The number of phenolic OH excluding ortho intramolecular Hbond substituents is 2. The zero-order valence-electron chi connectivity index (χ0n) is 22.5. The Morgan fingerprint density at radius 1 is 0.667 bits per heavy atom. The van der Waals surface area contributed by atoms with Crippen molar-refractivity contribution in [2.75, 3.05) is 0 Å². The molecule has 0 saturated carbocycles. The topological polar surface area (TPSA) is 66.8 Å². The van der Waals surface area contributed by atoms with Crippen molar-refractivity contribution < 1.29 is 19.7 Å². The molecule has 4 nitrogen and oxygen atoms in total. The smallest absolute Gasteiger partial charge is 0.347 e. The Balaban J connectivity index is 2.69. The van der Waals surface area contributed by atoms with Crippen LogP contribution >= 0.6 is 0 Å². The third kappa shape index (κ3) is 5.72. The lowest BCUT2D eigenvalue weighted by Crippen LogP contribution is -2.22. The Bertz CT molecular complexity index is 1050. The van der Waals surface area contributed by atoms with Crippen LogP contribution in [0.25, 0.3) is 0 Å². The Hall–Kier alpha value is -2.49. The highest BCUT2D eigenvalue weighted by Crippen LogP contribution is 2.46. The van der Waals surface area contributed by atoms with Crippen molar-refractivity contribution in [2.24, 2.45) is 0 Å². The van der Waals surface area contributed by atoms with Gasteiger partial charge in [0.1, 0.15) is 22.8 Å². The number of ether oxygens (including phenoxy) is 1. The lowest BCUT2D eigenvalue weighted by molar-refractivity contribution is 0.0728. The fourth-order valence-electron chi connectivity index (χ4n) is 3.93. The molecule has 0 aliphatic heterocycles. The predicted octanol–water partition coefficient (Wildman–Crippen LogP) is 7.51. The van der Waals surface area contributed by atoms with Gasteiger partial charge in [0, 0.05) is 16.7 Å². The van der Waals surface area contributed by atoms with Crippen LogP contribution in [0.3, 0.4) is 0 Å². The van der Waals surface area contributed by atoms with E-state index in [4.69, 9.17) is 4.74 Å². The number of hydrogen-bond acceptors (Lipinski definition) is 4. The van der Waals surface area contributed by atoms with Gasteiger partial charge < -0.3 is 14.9 Å². The molecule has 0 bridgehead atoms. The molecular weight excluding hydrogens is 412 g/mol. The quantitative estimate of drug-likeness (QED) is 0.364. The maximum absolute atomic E-state index is 13.4. The van der Waals surface area contributed by atoms with E-state index in [2.05, 4.69) is 47.6 Å². The minimum atomic E-state index is -0.641. The van der Waals surface area contributed by atoms with E-state index in [0.29, 0.717) is 16.9 Å². The van der Waals surface area contributed by atoms with Crippen molar-refractivity contribution in [3.8, 4) is 17.2 Å². The van der Waals surface area contributed by atoms with Gasteiger partial charge in [-0.05, 0) is 39.4 Å². The van der Waals surface area contributed by atoms with Crippen LogP contribution in [0.15, 0.2) is 24.3 Å². The fraction of sp³-hybridized carbons (Fsp3) is 0.552. The van der Waals surface area contributed by atoms with Crippen molar-refractivity contribution in [1.29, 1.82) is 0 Å². The molecule has 33 heavy (non-hydrogen) atoms. The van der Waals surface area contributed by atoms with Crippen LogP contribution in [-0.2, 0) is 21.7 Å². The summed E-state index contributed by atoms with van der Waals surface area (Å²) in [6, 6.07) is 7.48. The molecule has 0 fully saturated rings. The third-order valence-corrected chi connectivity index (χ3v) is 5.91. The van der Waals surface area contributed by atoms with Crippen molar-refractivity contribution in [3.05, 3.63) is 52.1 Å². The SMILES string of the molecule is CC(C)(C)c1ccc(OC(=O)c2cc(C(C)(C)C)c(O)c(C(C)(C)C)c2O)c(C(C)(C)C)c1. The van der Waals surface area contributed by atoms with Gasteiger partial charge in [-0.2, -0.15) is 0 Å². The molecule has 0 spiro atoms. The number of phenols is 2. The van der Waals surface area contributed by atoms with Crippen molar-refractivity contribution >= 4 is 5.97 Å². The van der Waals surface area contributed by atoms with Gasteiger partial charge in [-0.15, -0.1) is 0 Å². The molecule has 0 amide bonds. The van der Waals surface area contributed by atoms with Crippen LogP contribution in [0.4, 0.5) is 0 Å². The van der Waals surface area contributed by atoms with E-state index in [-0.39, 0.29) is 27.9 Å². The summed E-state index contributed by atoms with van der Waals surface area (Å²) in [6.45, 7) is 24.3. The highest BCUT2D eigenvalue weighted by Gasteiger charge is 2.33. The Morgan fingerprint density at radius 3 is 1.61 bits per heavy atom. The van der Waals surface area contributed by atoms with Crippen molar-refractivity contribution in [2.45, 2.75) is 105 Å². The van der Waals surface area contributed by atoms with Gasteiger partial charge in [0.25, 0.3) is 0 Å². The zero-order valence-corrected chi connectivity index (χ0v) is 22.5. The first kappa shape index (κ1) is 26.8. The van der Waals surface area contributed by atoms with Crippen LogP contribution in [-0.4, -0.2) is 16.2 Å². The number of hydrogen-bond donors (Lipinski definition) is 2. The second kappa shape index (κ2) is 8.38. The molecule has 0 aliphatic rings. The van der Waals surface area contributed by atoms with Crippen LogP contribution in [0.5, 0.6) is 17.2 Å². The van der Waals surface area contributed by atoms with Gasteiger partial charge in [-0.3, -0.25) is 0 Å². The molecule has 182 valence electrons. The van der Waals surface area contributed by atoms with Crippen molar-refractivity contribution in [3.63, 3.8) is 0 Å². The van der Waals surface area contributed by atoms with Crippen LogP contribution in [0.1, 0.15) is 116 Å². The number of carbonyl (C=O) groups is 1. The third-order valence-electron chi connectivity index (χ3n) is 5.91. The largest absolute Gasteiger partial charge is 0.507 e. The van der Waals surface area contributed by atoms with Crippen molar-refractivity contribution in [1.82, 2.24) is 0 Å². The second-order valence-corrected chi connectivity index (χ2v) is 13.1. The molecule has 0 aromatic heterocycles. The first-order valence-electron chi connectivity index (χ1n) is 11.6. The molecule has 2 aromatic rings. The van der Waals surface area contributed by atoms with E-state index in [1.54, 1.807) is 6.07 Å². The molecule has 2 rings (SSSR count). The molecule has 0 atom stereocenters. The lowest BCUT2D eigenvalue weighted by Gasteiger charge is -2.29. The normalized spacial score (nSPS) is 13.2. The molecule has 0 saturated heterocycles. The van der Waals surface area contributed by atoms with Crippen LogP contribution in [0, 0.1) is 0 Å². The summed E-state index contributed by atoms with van der Waals surface area (Å²) in [7, 11) is 0. The molecule has 0 radical (unpaired) electrons. The number of rotatable bonds is 2. The predicted molar refractivity (Wildman–Crippen MR) is 136 cm³/mol. The van der Waals surface area contributed by atoms with Gasteiger partial charge in [-0.25, -0.2) is 4.79 Å². The number of esters is 1. The van der Waals surface area contributed by atoms with E-state index < -0.39 is 16.8 Å².